The third-order valence-corrected chi connectivity index (χ3v) is 2.66. The van der Waals surface area contributed by atoms with Gasteiger partial charge >= 0.3 is 5.97 Å². The first-order valence-electron chi connectivity index (χ1n) is 6.34. The molecule has 1 aromatic carbocycles. The highest BCUT2D eigenvalue weighted by atomic mass is 16.4. The molecule has 0 unspecified atom stereocenters. The lowest BCUT2D eigenvalue weighted by Gasteiger charge is -2.05. The fourth-order valence-corrected chi connectivity index (χ4v) is 1.76. The van der Waals surface area contributed by atoms with Crippen molar-refractivity contribution in [2.24, 2.45) is 0 Å². The Bertz CT molecular complexity index is 666. The molecule has 21 heavy (non-hydrogen) atoms. The summed E-state index contributed by atoms with van der Waals surface area (Å²) >= 11 is 0. The van der Waals surface area contributed by atoms with Gasteiger partial charge in [0.25, 0.3) is 0 Å². The largest absolute Gasteiger partial charge is 0.478 e. The van der Waals surface area contributed by atoms with E-state index in [4.69, 9.17) is 5.11 Å². The molecule has 5 nitrogen and oxygen atoms in total. The zero-order valence-corrected chi connectivity index (χ0v) is 11.2. The average Bonchev–Trinajstić information content (AvgIpc) is 2.46. The summed E-state index contributed by atoms with van der Waals surface area (Å²) in [6.07, 6.45) is 4.35. The van der Waals surface area contributed by atoms with Crippen molar-refractivity contribution < 1.29 is 14.7 Å². The average molecular weight is 282 g/mol. The van der Waals surface area contributed by atoms with Crippen LogP contribution in [-0.4, -0.2) is 22.0 Å². The van der Waals surface area contributed by atoms with Crippen molar-refractivity contribution in [2.45, 2.75) is 6.42 Å². The molecular formula is C16H14N2O3. The number of anilines is 1. The molecule has 0 aliphatic rings. The first-order valence-corrected chi connectivity index (χ1v) is 6.34. The number of carbonyl (C=O) groups is 2. The van der Waals surface area contributed by atoms with Crippen LogP contribution in [0.3, 0.4) is 0 Å². The number of amides is 1. The number of carboxylic acid groups (broad SMARTS) is 1. The summed E-state index contributed by atoms with van der Waals surface area (Å²) in [6.45, 7) is 0. The molecule has 2 N–H and O–H groups in total. The second-order valence-electron chi connectivity index (χ2n) is 4.34. The molecule has 0 radical (unpaired) electrons. The number of rotatable bonds is 5. The van der Waals surface area contributed by atoms with Crippen LogP contribution < -0.4 is 5.32 Å². The smallest absolute Gasteiger partial charge is 0.328 e. The Labute approximate surface area is 122 Å². The maximum absolute atomic E-state index is 11.9. The summed E-state index contributed by atoms with van der Waals surface area (Å²) in [5.74, 6) is -1.19. The maximum atomic E-state index is 11.9. The van der Waals surface area contributed by atoms with E-state index < -0.39 is 5.97 Å². The summed E-state index contributed by atoms with van der Waals surface area (Å²) in [4.78, 5) is 26.5. The third-order valence-electron chi connectivity index (χ3n) is 2.66. The van der Waals surface area contributed by atoms with E-state index in [0.29, 0.717) is 16.9 Å². The van der Waals surface area contributed by atoms with Gasteiger partial charge in [0.15, 0.2) is 0 Å². The number of carbonyl (C=O) groups excluding carboxylic acids is 1. The van der Waals surface area contributed by atoms with Crippen molar-refractivity contribution in [1.29, 1.82) is 0 Å². The standard InChI is InChI=1S/C16H14N2O3/c19-15(11-13-5-1-2-9-17-13)18-14-6-3-4-12(10-14)7-8-16(20)21/h1-10H,11H2,(H,18,19)(H,20,21)/b8-7+. The van der Waals surface area contributed by atoms with Gasteiger partial charge in [-0.2, -0.15) is 0 Å². The molecule has 1 heterocycles. The molecule has 1 amide bonds. The lowest BCUT2D eigenvalue weighted by atomic mass is 10.2. The molecule has 106 valence electrons. The summed E-state index contributed by atoms with van der Waals surface area (Å²) < 4.78 is 0. The first-order chi connectivity index (χ1) is 10.1. The summed E-state index contributed by atoms with van der Waals surface area (Å²) in [5, 5.41) is 11.3. The van der Waals surface area contributed by atoms with Gasteiger partial charge in [0.1, 0.15) is 0 Å². The molecule has 0 fully saturated rings. The van der Waals surface area contributed by atoms with Gasteiger partial charge in [-0.05, 0) is 35.9 Å². The predicted molar refractivity (Wildman–Crippen MR) is 79.7 cm³/mol. The van der Waals surface area contributed by atoms with Crippen LogP contribution in [0.25, 0.3) is 6.08 Å². The molecule has 5 heteroatoms. The van der Waals surface area contributed by atoms with E-state index in [-0.39, 0.29) is 12.3 Å². The molecule has 0 aliphatic carbocycles. The van der Waals surface area contributed by atoms with Gasteiger partial charge < -0.3 is 10.4 Å². The predicted octanol–water partition coefficient (Wildman–Crippen LogP) is 2.36. The number of carboxylic acids is 1. The van der Waals surface area contributed by atoms with Gasteiger partial charge in [-0.15, -0.1) is 0 Å². The Kier molecular flexibility index (Phi) is 4.82. The number of benzene rings is 1. The van der Waals surface area contributed by atoms with Crippen LogP contribution >= 0.6 is 0 Å². The number of nitrogens with zero attached hydrogens (tertiary/aromatic N) is 1. The third kappa shape index (κ3) is 4.91. The van der Waals surface area contributed by atoms with Crippen LogP contribution in [0.15, 0.2) is 54.7 Å². The summed E-state index contributed by atoms with van der Waals surface area (Å²) in [7, 11) is 0. The van der Waals surface area contributed by atoms with Crippen LogP contribution in [0.4, 0.5) is 5.69 Å². The van der Waals surface area contributed by atoms with Crippen molar-refractivity contribution in [3.8, 4) is 0 Å². The minimum atomic E-state index is -1.01. The maximum Gasteiger partial charge on any atom is 0.328 e. The van der Waals surface area contributed by atoms with Crippen molar-refractivity contribution in [3.63, 3.8) is 0 Å². The molecule has 0 spiro atoms. The lowest BCUT2D eigenvalue weighted by molar-refractivity contribution is -0.131. The fraction of sp³-hybridized carbons (Fsp3) is 0.0625. The van der Waals surface area contributed by atoms with Crippen LogP contribution in [0.2, 0.25) is 0 Å². The molecule has 0 atom stereocenters. The van der Waals surface area contributed by atoms with Gasteiger partial charge in [-0.1, -0.05) is 18.2 Å². The second kappa shape index (κ2) is 7.00. The Hall–Kier alpha value is -2.95. The van der Waals surface area contributed by atoms with Crippen LogP contribution in [0, 0.1) is 0 Å². The van der Waals surface area contributed by atoms with Crippen molar-refractivity contribution in [2.75, 3.05) is 5.32 Å². The molecule has 0 saturated carbocycles. The van der Waals surface area contributed by atoms with Gasteiger partial charge in [-0.25, -0.2) is 4.79 Å². The Morgan fingerprint density at radius 2 is 2.05 bits per heavy atom. The monoisotopic (exact) mass is 282 g/mol. The van der Waals surface area contributed by atoms with E-state index in [0.717, 1.165) is 6.08 Å². The number of hydrogen-bond acceptors (Lipinski definition) is 3. The normalized spacial score (nSPS) is 10.5. The molecular weight excluding hydrogens is 268 g/mol. The zero-order chi connectivity index (χ0) is 15.1. The fourth-order valence-electron chi connectivity index (χ4n) is 1.76. The quantitative estimate of drug-likeness (QED) is 0.825. The second-order valence-corrected chi connectivity index (χ2v) is 4.34. The SMILES string of the molecule is O=C(O)/C=C/c1cccc(NC(=O)Cc2ccccn2)c1. The molecule has 2 aromatic rings. The van der Waals surface area contributed by atoms with Crippen molar-refractivity contribution in [3.05, 3.63) is 66.0 Å². The molecule has 1 aromatic heterocycles. The van der Waals surface area contributed by atoms with E-state index in [1.54, 1.807) is 42.6 Å². The Morgan fingerprint density at radius 1 is 1.19 bits per heavy atom. The van der Waals surface area contributed by atoms with Crippen LogP contribution in [-0.2, 0) is 16.0 Å². The van der Waals surface area contributed by atoms with E-state index >= 15 is 0 Å². The van der Waals surface area contributed by atoms with E-state index in [2.05, 4.69) is 10.3 Å². The van der Waals surface area contributed by atoms with Crippen molar-refractivity contribution >= 4 is 23.6 Å². The molecule has 2 rings (SSSR count). The molecule has 0 saturated heterocycles. The summed E-state index contributed by atoms with van der Waals surface area (Å²) in [6, 6.07) is 12.4. The minimum Gasteiger partial charge on any atom is -0.478 e. The van der Waals surface area contributed by atoms with E-state index in [9.17, 15) is 9.59 Å². The number of pyridine rings is 1. The highest BCUT2D eigenvalue weighted by Crippen LogP contribution is 2.12. The number of hydrogen-bond donors (Lipinski definition) is 2. The van der Waals surface area contributed by atoms with Gasteiger partial charge in [-0.3, -0.25) is 9.78 Å². The van der Waals surface area contributed by atoms with Crippen molar-refractivity contribution in [1.82, 2.24) is 4.98 Å². The topological polar surface area (TPSA) is 79.3 Å². The number of aromatic nitrogens is 1. The molecule has 0 bridgehead atoms. The summed E-state index contributed by atoms with van der Waals surface area (Å²) in [5.41, 5.74) is 2.01. The first kappa shape index (κ1) is 14.5. The zero-order valence-electron chi connectivity index (χ0n) is 11.2. The van der Waals surface area contributed by atoms with Crippen LogP contribution in [0.5, 0.6) is 0 Å². The number of nitrogens with one attached hydrogen (secondary N) is 1. The highest BCUT2D eigenvalue weighted by molar-refractivity contribution is 5.92. The van der Waals surface area contributed by atoms with E-state index in [1.165, 1.54) is 6.08 Å². The van der Waals surface area contributed by atoms with Gasteiger partial charge in [0, 0.05) is 23.7 Å². The van der Waals surface area contributed by atoms with E-state index in [1.807, 2.05) is 6.07 Å². The lowest BCUT2D eigenvalue weighted by Crippen LogP contribution is -2.15. The minimum absolute atomic E-state index is 0.173. The Morgan fingerprint density at radius 3 is 2.76 bits per heavy atom. The molecule has 0 aliphatic heterocycles. The number of aliphatic carboxylic acids is 1. The Balaban J connectivity index is 2.01. The highest BCUT2D eigenvalue weighted by Gasteiger charge is 2.04. The van der Waals surface area contributed by atoms with Gasteiger partial charge in [0.2, 0.25) is 5.91 Å². The van der Waals surface area contributed by atoms with Gasteiger partial charge in [0.05, 0.1) is 6.42 Å². The van der Waals surface area contributed by atoms with Crippen LogP contribution in [0.1, 0.15) is 11.3 Å².